The van der Waals surface area contributed by atoms with E-state index in [2.05, 4.69) is 10.6 Å². The first-order valence-electron chi connectivity index (χ1n) is 8.80. The Kier molecular flexibility index (Phi) is 4.99. The summed E-state index contributed by atoms with van der Waals surface area (Å²) in [6.07, 6.45) is 8.97. The Morgan fingerprint density at radius 1 is 0.957 bits per heavy atom. The summed E-state index contributed by atoms with van der Waals surface area (Å²) in [5.41, 5.74) is 1.38. The van der Waals surface area contributed by atoms with Crippen LogP contribution < -0.4 is 10.6 Å². The molecule has 4 heteroatoms. The topological polar surface area (TPSA) is 58.2 Å². The lowest BCUT2D eigenvalue weighted by Gasteiger charge is -2.39. The van der Waals surface area contributed by atoms with Crippen molar-refractivity contribution in [1.82, 2.24) is 5.32 Å². The highest BCUT2D eigenvalue weighted by Gasteiger charge is 2.32. The highest BCUT2D eigenvalue weighted by Crippen LogP contribution is 2.40. The molecule has 0 aliphatic heterocycles. The molecule has 0 unspecified atom stereocenters. The number of nitrogens with one attached hydrogen (secondary N) is 2. The minimum Gasteiger partial charge on any atom is -0.349 e. The fourth-order valence-corrected chi connectivity index (χ4v) is 4.18. The van der Waals surface area contributed by atoms with E-state index in [1.54, 1.807) is 24.3 Å². The number of hydrogen-bond donors (Lipinski definition) is 2. The summed E-state index contributed by atoms with van der Waals surface area (Å²) in [6.45, 7) is 1.47. The van der Waals surface area contributed by atoms with E-state index in [4.69, 9.17) is 0 Å². The Hall–Kier alpha value is -1.84. The number of amides is 2. The van der Waals surface area contributed by atoms with Gasteiger partial charge in [0.2, 0.25) is 5.91 Å². The maximum atomic E-state index is 12.4. The third-order valence-electron chi connectivity index (χ3n) is 5.34. The van der Waals surface area contributed by atoms with Gasteiger partial charge in [-0.25, -0.2) is 0 Å². The van der Waals surface area contributed by atoms with Gasteiger partial charge < -0.3 is 10.6 Å². The van der Waals surface area contributed by atoms with Gasteiger partial charge in [-0.3, -0.25) is 9.59 Å². The molecule has 2 amide bonds. The second kappa shape index (κ2) is 7.16. The third kappa shape index (κ3) is 4.12. The van der Waals surface area contributed by atoms with E-state index in [-0.39, 0.29) is 11.8 Å². The summed E-state index contributed by atoms with van der Waals surface area (Å²) in [5, 5.41) is 5.91. The van der Waals surface area contributed by atoms with Gasteiger partial charge in [0.25, 0.3) is 5.91 Å². The van der Waals surface area contributed by atoms with E-state index in [0.29, 0.717) is 11.6 Å². The van der Waals surface area contributed by atoms with E-state index in [9.17, 15) is 9.59 Å². The third-order valence-corrected chi connectivity index (χ3v) is 5.34. The smallest absolute Gasteiger partial charge is 0.251 e. The molecule has 2 fully saturated rings. The predicted molar refractivity (Wildman–Crippen MR) is 91.3 cm³/mol. The van der Waals surface area contributed by atoms with Crippen molar-refractivity contribution >= 4 is 17.5 Å². The van der Waals surface area contributed by atoms with Gasteiger partial charge in [-0.05, 0) is 55.4 Å². The minimum atomic E-state index is -0.105. The van der Waals surface area contributed by atoms with Crippen LogP contribution in [0.4, 0.5) is 5.69 Å². The molecule has 0 spiro atoms. The Labute approximate surface area is 138 Å². The number of benzene rings is 1. The molecule has 0 aromatic heterocycles. The normalized spacial score (nSPS) is 26.9. The summed E-state index contributed by atoms with van der Waals surface area (Å²) in [4.78, 5) is 23.4. The van der Waals surface area contributed by atoms with Crippen LogP contribution in [0.5, 0.6) is 0 Å². The van der Waals surface area contributed by atoms with E-state index in [1.165, 1.54) is 39.0 Å². The van der Waals surface area contributed by atoms with Gasteiger partial charge in [-0.1, -0.05) is 25.7 Å². The summed E-state index contributed by atoms with van der Waals surface area (Å²) >= 11 is 0. The van der Waals surface area contributed by atoms with Crippen LogP contribution in [-0.2, 0) is 4.79 Å². The molecule has 0 radical (unpaired) electrons. The molecule has 23 heavy (non-hydrogen) atoms. The molecule has 1 aromatic carbocycles. The predicted octanol–water partition coefficient (Wildman–Crippen LogP) is 3.73. The SMILES string of the molecule is CC(=O)Nc1ccc(C(=O)N[C@@H]2CC[C@H]3CCCC[C@@H]3C2)cc1. The number of hydrogen-bond acceptors (Lipinski definition) is 2. The van der Waals surface area contributed by atoms with Crippen molar-refractivity contribution in [2.75, 3.05) is 5.32 Å². The second-order valence-corrected chi connectivity index (χ2v) is 7.05. The number of carbonyl (C=O) groups excluding carboxylic acids is 2. The molecule has 124 valence electrons. The first-order valence-corrected chi connectivity index (χ1v) is 8.80. The molecule has 2 aliphatic carbocycles. The van der Waals surface area contributed by atoms with Gasteiger partial charge in [0.05, 0.1) is 0 Å². The minimum absolute atomic E-state index is 0.00126. The first-order chi connectivity index (χ1) is 11.1. The van der Waals surface area contributed by atoms with Crippen LogP contribution in [-0.4, -0.2) is 17.9 Å². The van der Waals surface area contributed by atoms with E-state index >= 15 is 0 Å². The maximum absolute atomic E-state index is 12.4. The largest absolute Gasteiger partial charge is 0.349 e. The zero-order valence-electron chi connectivity index (χ0n) is 13.8. The van der Waals surface area contributed by atoms with Gasteiger partial charge in [-0.2, -0.15) is 0 Å². The highest BCUT2D eigenvalue weighted by atomic mass is 16.2. The van der Waals surface area contributed by atoms with Gasteiger partial charge in [0, 0.05) is 24.2 Å². The van der Waals surface area contributed by atoms with E-state index in [0.717, 1.165) is 30.4 Å². The van der Waals surface area contributed by atoms with Crippen molar-refractivity contribution in [3.05, 3.63) is 29.8 Å². The Bertz CT molecular complexity index is 567. The fraction of sp³-hybridized carbons (Fsp3) is 0.579. The van der Waals surface area contributed by atoms with Crippen molar-refractivity contribution in [2.24, 2.45) is 11.8 Å². The molecule has 0 bridgehead atoms. The monoisotopic (exact) mass is 314 g/mol. The zero-order chi connectivity index (χ0) is 16.2. The maximum Gasteiger partial charge on any atom is 0.251 e. The lowest BCUT2D eigenvalue weighted by atomic mass is 9.69. The zero-order valence-corrected chi connectivity index (χ0v) is 13.8. The van der Waals surface area contributed by atoms with Crippen molar-refractivity contribution in [3.63, 3.8) is 0 Å². The first kappa shape index (κ1) is 16.0. The average Bonchev–Trinajstić information content (AvgIpc) is 2.55. The molecule has 4 nitrogen and oxygen atoms in total. The van der Waals surface area contributed by atoms with Crippen LogP contribution in [0.3, 0.4) is 0 Å². The van der Waals surface area contributed by atoms with Gasteiger partial charge in [0.15, 0.2) is 0 Å². The van der Waals surface area contributed by atoms with Crippen LogP contribution in [0.1, 0.15) is 62.2 Å². The van der Waals surface area contributed by atoms with Crippen LogP contribution in [0.25, 0.3) is 0 Å². The number of anilines is 1. The van der Waals surface area contributed by atoms with Crippen LogP contribution in [0, 0.1) is 11.8 Å². The van der Waals surface area contributed by atoms with Crippen molar-refractivity contribution in [3.8, 4) is 0 Å². The number of fused-ring (bicyclic) bond motifs is 1. The molecule has 1 aromatic rings. The average molecular weight is 314 g/mol. The van der Waals surface area contributed by atoms with Crippen LogP contribution >= 0.6 is 0 Å². The van der Waals surface area contributed by atoms with Crippen molar-refractivity contribution in [1.29, 1.82) is 0 Å². The van der Waals surface area contributed by atoms with Crippen molar-refractivity contribution < 1.29 is 9.59 Å². The van der Waals surface area contributed by atoms with E-state index < -0.39 is 0 Å². The Balaban J connectivity index is 1.55. The number of carbonyl (C=O) groups is 2. The molecule has 0 saturated heterocycles. The van der Waals surface area contributed by atoms with Gasteiger partial charge >= 0.3 is 0 Å². The molecule has 2 saturated carbocycles. The fourth-order valence-electron chi connectivity index (χ4n) is 4.18. The van der Waals surface area contributed by atoms with Gasteiger partial charge in [0.1, 0.15) is 0 Å². The van der Waals surface area contributed by atoms with Crippen LogP contribution in [0.2, 0.25) is 0 Å². The molecular formula is C19H26N2O2. The van der Waals surface area contributed by atoms with Crippen LogP contribution in [0.15, 0.2) is 24.3 Å². The summed E-state index contributed by atoms with van der Waals surface area (Å²) in [7, 11) is 0. The van der Waals surface area contributed by atoms with E-state index in [1.807, 2.05) is 0 Å². The highest BCUT2D eigenvalue weighted by molar-refractivity contribution is 5.95. The molecule has 3 atom stereocenters. The van der Waals surface area contributed by atoms with Crippen molar-refractivity contribution in [2.45, 2.75) is 57.9 Å². The molecule has 0 heterocycles. The summed E-state index contributed by atoms with van der Waals surface area (Å²) < 4.78 is 0. The quantitative estimate of drug-likeness (QED) is 0.893. The Morgan fingerprint density at radius 2 is 1.65 bits per heavy atom. The molecule has 2 aliphatic rings. The second-order valence-electron chi connectivity index (χ2n) is 7.05. The Morgan fingerprint density at radius 3 is 2.35 bits per heavy atom. The molecule has 3 rings (SSSR count). The number of rotatable bonds is 3. The lowest BCUT2D eigenvalue weighted by molar-refractivity contribution is -0.114. The standard InChI is InChI=1S/C19H26N2O2/c1-13(22)20-17-9-7-15(8-10-17)19(23)21-18-11-6-14-4-2-3-5-16(14)12-18/h7-10,14,16,18H,2-6,11-12H2,1H3,(H,20,22)(H,21,23)/t14-,16-,18-/m1/s1. The summed E-state index contributed by atoms with van der Waals surface area (Å²) in [6, 6.07) is 7.40. The summed E-state index contributed by atoms with van der Waals surface area (Å²) in [5.74, 6) is 1.60. The molecule has 2 N–H and O–H groups in total. The molecular weight excluding hydrogens is 288 g/mol. The van der Waals surface area contributed by atoms with Gasteiger partial charge in [-0.15, -0.1) is 0 Å². The lowest BCUT2D eigenvalue weighted by Crippen LogP contribution is -2.41.